The Labute approximate surface area is 150 Å². The van der Waals surface area contributed by atoms with Gasteiger partial charge in [0.15, 0.2) is 11.6 Å². The fourth-order valence-electron chi connectivity index (χ4n) is 3.38. The maximum Gasteiger partial charge on any atom is 0.163 e. The third-order valence-electron chi connectivity index (χ3n) is 4.64. The first-order valence-corrected chi connectivity index (χ1v) is 8.79. The number of furan rings is 1. The summed E-state index contributed by atoms with van der Waals surface area (Å²) in [5.41, 5.74) is 3.74. The van der Waals surface area contributed by atoms with Gasteiger partial charge in [0.05, 0.1) is 0 Å². The Bertz CT molecular complexity index is 1200. The Balaban J connectivity index is 1.65. The van der Waals surface area contributed by atoms with Gasteiger partial charge >= 0.3 is 0 Å². The molecule has 0 bridgehead atoms. The van der Waals surface area contributed by atoms with Gasteiger partial charge in [0.2, 0.25) is 0 Å². The second kappa shape index (κ2) is 5.92. The van der Waals surface area contributed by atoms with Gasteiger partial charge in [-0.25, -0.2) is 15.0 Å². The molecule has 0 atom stereocenters. The van der Waals surface area contributed by atoms with E-state index in [-0.39, 0.29) is 0 Å². The van der Waals surface area contributed by atoms with Crippen LogP contribution in [0.25, 0.3) is 38.9 Å². The van der Waals surface area contributed by atoms with Crippen LogP contribution in [0.15, 0.2) is 65.1 Å². The summed E-state index contributed by atoms with van der Waals surface area (Å²) >= 11 is 0. The summed E-state index contributed by atoms with van der Waals surface area (Å²) in [4.78, 5) is 13.8. The predicted molar refractivity (Wildman–Crippen MR) is 104 cm³/mol. The van der Waals surface area contributed by atoms with Crippen LogP contribution < -0.4 is 0 Å². The lowest BCUT2D eigenvalue weighted by molar-refractivity contribution is 0.669. The maximum atomic E-state index is 6.00. The van der Waals surface area contributed by atoms with Crippen molar-refractivity contribution >= 4 is 27.5 Å². The lowest BCUT2D eigenvalue weighted by Gasteiger charge is -2.08. The average molecular weight is 339 g/mol. The number of hydrogen-bond donors (Lipinski definition) is 0. The molecule has 4 nitrogen and oxygen atoms in total. The van der Waals surface area contributed by atoms with Gasteiger partial charge in [0.25, 0.3) is 0 Å². The molecule has 26 heavy (non-hydrogen) atoms. The normalized spacial score (nSPS) is 14.1. The third kappa shape index (κ3) is 2.51. The van der Waals surface area contributed by atoms with Gasteiger partial charge in [-0.1, -0.05) is 42.5 Å². The van der Waals surface area contributed by atoms with Crippen LogP contribution in [0.2, 0.25) is 0 Å². The van der Waals surface area contributed by atoms with E-state index in [4.69, 9.17) is 9.40 Å². The van der Waals surface area contributed by atoms with E-state index >= 15 is 0 Å². The van der Waals surface area contributed by atoms with Crippen molar-refractivity contribution in [3.8, 4) is 11.4 Å². The molecule has 0 amide bonds. The second-order valence-corrected chi connectivity index (χ2v) is 6.48. The van der Waals surface area contributed by atoms with Crippen molar-refractivity contribution < 1.29 is 4.42 Å². The molecule has 0 saturated heterocycles. The molecule has 0 N–H and O–H groups in total. The van der Waals surface area contributed by atoms with Gasteiger partial charge in [-0.3, -0.25) is 0 Å². The van der Waals surface area contributed by atoms with Crippen molar-refractivity contribution in [3.05, 3.63) is 72.3 Å². The molecule has 2 aromatic heterocycles. The third-order valence-corrected chi connectivity index (χ3v) is 4.64. The summed E-state index contributed by atoms with van der Waals surface area (Å²) in [5.74, 6) is 2.12. The molecule has 2 aromatic carbocycles. The molecule has 0 fully saturated rings. The van der Waals surface area contributed by atoms with Gasteiger partial charge in [0.1, 0.15) is 17.0 Å². The Morgan fingerprint density at radius 2 is 1.69 bits per heavy atom. The zero-order valence-corrected chi connectivity index (χ0v) is 14.4. The number of hydrogen-bond acceptors (Lipinski definition) is 4. The fourth-order valence-corrected chi connectivity index (χ4v) is 3.38. The van der Waals surface area contributed by atoms with Gasteiger partial charge in [-0.05, 0) is 38.0 Å². The zero-order valence-electron chi connectivity index (χ0n) is 14.4. The van der Waals surface area contributed by atoms with Crippen LogP contribution in [0.4, 0.5) is 0 Å². The number of allylic oxidation sites excluding steroid dienone is 4. The molecule has 0 radical (unpaired) electrons. The highest BCUT2D eigenvalue weighted by atomic mass is 16.3. The zero-order chi connectivity index (χ0) is 17.5. The summed E-state index contributed by atoms with van der Waals surface area (Å²) in [6, 6.07) is 14.2. The maximum absolute atomic E-state index is 6.00. The van der Waals surface area contributed by atoms with E-state index in [9.17, 15) is 0 Å². The molecular formula is C22H17N3O. The molecule has 5 rings (SSSR count). The van der Waals surface area contributed by atoms with Crippen LogP contribution in [0.3, 0.4) is 0 Å². The van der Waals surface area contributed by atoms with Crippen LogP contribution in [-0.4, -0.2) is 15.0 Å². The first-order valence-electron chi connectivity index (χ1n) is 8.79. The molecule has 1 aliphatic rings. The lowest BCUT2D eigenvalue weighted by Crippen LogP contribution is -2.02. The Kier molecular flexibility index (Phi) is 3.42. The predicted octanol–water partition coefficient (Wildman–Crippen LogP) is 5.48. The number of nitrogens with zero attached hydrogens (tertiary/aromatic N) is 3. The number of fused-ring (bicyclic) bond motifs is 3. The van der Waals surface area contributed by atoms with Crippen molar-refractivity contribution in [2.24, 2.45) is 0 Å². The van der Waals surface area contributed by atoms with Crippen LogP contribution >= 0.6 is 0 Å². The number of aryl methyl sites for hydroxylation is 1. The quantitative estimate of drug-likeness (QED) is 0.485. The van der Waals surface area contributed by atoms with Gasteiger partial charge in [-0.15, -0.1) is 0 Å². The second-order valence-electron chi connectivity index (χ2n) is 6.48. The highest BCUT2D eigenvalue weighted by molar-refractivity contribution is 6.05. The summed E-state index contributed by atoms with van der Waals surface area (Å²) in [6.45, 7) is 1.90. The van der Waals surface area contributed by atoms with Gasteiger partial charge < -0.3 is 4.42 Å². The SMILES string of the molecule is Cc1nc(C2=CCCC=C2)nc(-c2ccc3c(c2)oc2ccccc23)n1. The minimum atomic E-state index is 0.676. The standard InChI is InChI=1S/C22H17N3O/c1-14-23-21(15-7-3-2-4-8-15)25-22(24-14)16-11-12-18-17-9-5-6-10-19(17)26-20(18)13-16/h3,5-13H,2,4H2,1H3. The minimum absolute atomic E-state index is 0.676. The van der Waals surface area contributed by atoms with E-state index < -0.39 is 0 Å². The molecule has 2 heterocycles. The molecule has 126 valence electrons. The molecule has 4 heteroatoms. The van der Waals surface area contributed by atoms with Crippen LogP contribution in [0, 0.1) is 6.92 Å². The van der Waals surface area contributed by atoms with Crippen LogP contribution in [0.5, 0.6) is 0 Å². The smallest absolute Gasteiger partial charge is 0.163 e. The molecular weight excluding hydrogens is 322 g/mol. The van der Waals surface area contributed by atoms with Crippen molar-refractivity contribution in [2.45, 2.75) is 19.8 Å². The van der Waals surface area contributed by atoms with Gasteiger partial charge in [0, 0.05) is 21.9 Å². The largest absolute Gasteiger partial charge is 0.456 e. The van der Waals surface area contributed by atoms with Crippen molar-refractivity contribution in [3.63, 3.8) is 0 Å². The van der Waals surface area contributed by atoms with Crippen LogP contribution in [-0.2, 0) is 0 Å². The summed E-state index contributed by atoms with van der Waals surface area (Å²) < 4.78 is 6.00. The van der Waals surface area contributed by atoms with E-state index in [0.717, 1.165) is 57.6 Å². The molecule has 0 saturated carbocycles. The van der Waals surface area contributed by atoms with Crippen LogP contribution in [0.1, 0.15) is 24.5 Å². The summed E-state index contributed by atoms with van der Waals surface area (Å²) in [6.07, 6.45) is 8.53. The average Bonchev–Trinajstić information content (AvgIpc) is 3.06. The summed E-state index contributed by atoms with van der Waals surface area (Å²) in [5, 5.41) is 2.23. The van der Waals surface area contributed by atoms with Crippen molar-refractivity contribution in [1.82, 2.24) is 15.0 Å². The van der Waals surface area contributed by atoms with E-state index in [1.54, 1.807) is 0 Å². The molecule has 4 aromatic rings. The highest BCUT2D eigenvalue weighted by Crippen LogP contribution is 2.31. The lowest BCUT2D eigenvalue weighted by atomic mass is 10.1. The van der Waals surface area contributed by atoms with Crippen molar-refractivity contribution in [1.29, 1.82) is 0 Å². The van der Waals surface area contributed by atoms with E-state index in [2.05, 4.69) is 40.3 Å². The first-order chi connectivity index (χ1) is 12.8. The highest BCUT2D eigenvalue weighted by Gasteiger charge is 2.12. The van der Waals surface area contributed by atoms with E-state index in [0.29, 0.717) is 5.82 Å². The van der Waals surface area contributed by atoms with Gasteiger partial charge in [-0.2, -0.15) is 0 Å². The van der Waals surface area contributed by atoms with Crippen molar-refractivity contribution in [2.75, 3.05) is 0 Å². The molecule has 0 spiro atoms. The monoisotopic (exact) mass is 339 g/mol. The first kappa shape index (κ1) is 15.0. The Hall–Kier alpha value is -3.27. The Morgan fingerprint density at radius 3 is 2.58 bits per heavy atom. The number of benzene rings is 2. The fraction of sp³-hybridized carbons (Fsp3) is 0.136. The number of para-hydroxylation sites is 1. The van der Waals surface area contributed by atoms with E-state index in [1.807, 2.05) is 37.3 Å². The van der Waals surface area contributed by atoms with E-state index in [1.165, 1.54) is 0 Å². The minimum Gasteiger partial charge on any atom is -0.456 e. The Morgan fingerprint density at radius 1 is 0.846 bits per heavy atom. The summed E-state index contributed by atoms with van der Waals surface area (Å²) in [7, 11) is 0. The number of rotatable bonds is 2. The number of aromatic nitrogens is 3. The molecule has 1 aliphatic carbocycles. The molecule has 0 unspecified atom stereocenters. The molecule has 0 aliphatic heterocycles. The topological polar surface area (TPSA) is 51.8 Å².